The first-order valence-electron chi connectivity index (χ1n) is 15.7. The van der Waals surface area contributed by atoms with Crippen molar-refractivity contribution in [1.82, 2.24) is 26.2 Å². The number of likely N-dealkylation sites (tertiary alicyclic amines) is 1. The molecule has 0 aromatic heterocycles. The van der Waals surface area contributed by atoms with E-state index in [9.17, 15) is 28.2 Å². The van der Waals surface area contributed by atoms with Gasteiger partial charge in [0, 0.05) is 29.4 Å². The predicted octanol–water partition coefficient (Wildman–Crippen LogP) is 1.87. The number of carbonyl (C=O) groups excluding carboxylic acids is 5. The number of nitrogens with one attached hydrogen (secondary N) is 4. The van der Waals surface area contributed by atoms with Gasteiger partial charge in [0.05, 0.1) is 18.1 Å². The zero-order valence-corrected chi connectivity index (χ0v) is 28.2. The van der Waals surface area contributed by atoms with E-state index in [2.05, 4.69) is 41.0 Å². The number of amides is 5. The second kappa shape index (κ2) is 14.0. The highest BCUT2D eigenvalue weighted by atomic mass is 32.2. The number of urea groups is 1. The Bertz CT molecular complexity index is 1200. The van der Waals surface area contributed by atoms with Gasteiger partial charge in [0.15, 0.2) is 0 Å². The zero-order chi connectivity index (χ0) is 33.0. The lowest BCUT2D eigenvalue weighted by Crippen LogP contribution is -2.63. The van der Waals surface area contributed by atoms with Gasteiger partial charge in [0.2, 0.25) is 17.6 Å². The monoisotopic (exact) mass is 633 g/mol. The van der Waals surface area contributed by atoms with E-state index in [1.54, 1.807) is 6.26 Å². The van der Waals surface area contributed by atoms with Crippen molar-refractivity contribution in [2.75, 3.05) is 25.1 Å². The third-order valence-corrected chi connectivity index (χ3v) is 10.6. The number of terminal acetylenes is 1. The molecule has 0 aromatic rings. The van der Waals surface area contributed by atoms with E-state index >= 15 is 0 Å². The molecule has 2 saturated carbocycles. The summed E-state index contributed by atoms with van der Waals surface area (Å²) < 4.78 is 12.2. The molecule has 3 rings (SSSR count). The van der Waals surface area contributed by atoms with Gasteiger partial charge in [0.1, 0.15) is 12.1 Å². The maximum absolute atomic E-state index is 14.2. The predicted molar refractivity (Wildman–Crippen MR) is 170 cm³/mol. The normalized spacial score (nSPS) is 25.3. The van der Waals surface area contributed by atoms with Crippen LogP contribution in [-0.4, -0.2) is 87.4 Å². The minimum Gasteiger partial charge on any atom is -0.344 e. The van der Waals surface area contributed by atoms with E-state index in [0.717, 1.165) is 32.1 Å². The number of carbonyl (C=O) groups is 5. The average Bonchev–Trinajstić information content (AvgIpc) is 3.25. The average molecular weight is 634 g/mol. The van der Waals surface area contributed by atoms with Crippen LogP contribution in [0.4, 0.5) is 4.79 Å². The van der Waals surface area contributed by atoms with Crippen molar-refractivity contribution in [2.24, 2.45) is 22.7 Å². The molecule has 44 heavy (non-hydrogen) atoms. The number of fused-ring (bicyclic) bond motifs is 1. The molecular weight excluding hydrogens is 582 g/mol. The van der Waals surface area contributed by atoms with Gasteiger partial charge in [-0.3, -0.25) is 23.4 Å². The van der Waals surface area contributed by atoms with Crippen LogP contribution in [0.3, 0.4) is 0 Å². The quantitative estimate of drug-likeness (QED) is 0.190. The molecule has 0 spiro atoms. The summed E-state index contributed by atoms with van der Waals surface area (Å²) in [7, 11) is -1.11. The highest BCUT2D eigenvalue weighted by Crippen LogP contribution is 2.65. The molecule has 6 atom stereocenters. The molecule has 0 radical (unpaired) electrons. The van der Waals surface area contributed by atoms with Crippen LogP contribution >= 0.6 is 0 Å². The number of Topliss-reactive ketones (excluding diaryl/α,β-unsaturated/α-hetero) is 1. The smallest absolute Gasteiger partial charge is 0.315 e. The molecule has 2 aliphatic carbocycles. The Balaban J connectivity index is 1.82. The van der Waals surface area contributed by atoms with Crippen molar-refractivity contribution >= 4 is 40.3 Å². The third-order valence-electron chi connectivity index (χ3n) is 9.60. The molecule has 5 amide bonds. The number of rotatable bonds is 12. The number of ketones is 1. The van der Waals surface area contributed by atoms with Gasteiger partial charge in [-0.05, 0) is 41.9 Å². The van der Waals surface area contributed by atoms with Crippen molar-refractivity contribution in [3.63, 3.8) is 0 Å². The first-order chi connectivity index (χ1) is 20.5. The summed E-state index contributed by atoms with van der Waals surface area (Å²) in [5.41, 5.74) is -1.47. The lowest BCUT2D eigenvalue weighted by molar-refractivity contribution is -0.145. The third kappa shape index (κ3) is 8.01. The fourth-order valence-electron chi connectivity index (χ4n) is 7.15. The fraction of sp³-hybridized carbons (Fsp3) is 0.781. The maximum Gasteiger partial charge on any atom is 0.315 e. The van der Waals surface area contributed by atoms with Crippen molar-refractivity contribution in [3.05, 3.63) is 0 Å². The lowest BCUT2D eigenvalue weighted by atomic mass is 9.83. The largest absolute Gasteiger partial charge is 0.344 e. The Morgan fingerprint density at radius 1 is 1.07 bits per heavy atom. The summed E-state index contributed by atoms with van der Waals surface area (Å²) in [6, 6.07) is -3.36. The molecule has 11 nitrogen and oxygen atoms in total. The Morgan fingerprint density at radius 3 is 2.25 bits per heavy atom. The Hall–Kier alpha value is -2.94. The second-order valence-corrected chi connectivity index (χ2v) is 15.9. The number of hydrogen-bond donors (Lipinski definition) is 4. The van der Waals surface area contributed by atoms with Gasteiger partial charge in [-0.25, -0.2) is 4.79 Å². The van der Waals surface area contributed by atoms with E-state index in [1.165, 1.54) is 4.90 Å². The van der Waals surface area contributed by atoms with E-state index in [4.69, 9.17) is 6.42 Å². The highest BCUT2D eigenvalue weighted by Gasteiger charge is 2.70. The fourth-order valence-corrected chi connectivity index (χ4v) is 8.29. The summed E-state index contributed by atoms with van der Waals surface area (Å²) in [4.78, 5) is 68.3. The molecule has 12 heteroatoms. The molecule has 0 aromatic carbocycles. The number of nitrogens with zero attached hydrogens (tertiary/aromatic N) is 1. The van der Waals surface area contributed by atoms with Crippen molar-refractivity contribution in [2.45, 2.75) is 110 Å². The minimum absolute atomic E-state index is 0.0842. The molecular formula is C32H51N5O6S. The van der Waals surface area contributed by atoms with Crippen LogP contribution < -0.4 is 21.3 Å². The molecule has 3 fully saturated rings. The molecule has 1 saturated heterocycles. The van der Waals surface area contributed by atoms with E-state index in [1.807, 2.05) is 27.7 Å². The number of piperidine rings is 1. The van der Waals surface area contributed by atoms with Gasteiger partial charge in [0.25, 0.3) is 5.91 Å². The zero-order valence-electron chi connectivity index (χ0n) is 27.3. The van der Waals surface area contributed by atoms with Crippen LogP contribution in [0, 0.1) is 35.0 Å². The Kier molecular flexibility index (Phi) is 11.3. The SMILES string of the molecule is C#CCNC(=O)C(=O)C(CCC)NC(=O)[C@@H]1C2C(CN1C(=O)[C@@H](NC(=O)NC1(CS(C)=O)CCCCC1)C(C)(C)C)C2(C)C. The van der Waals surface area contributed by atoms with Crippen LogP contribution in [0.25, 0.3) is 0 Å². The molecule has 246 valence electrons. The number of hydrogen-bond acceptors (Lipinski definition) is 6. The first kappa shape index (κ1) is 35.5. The van der Waals surface area contributed by atoms with Crippen molar-refractivity contribution in [1.29, 1.82) is 0 Å². The summed E-state index contributed by atoms with van der Waals surface area (Å²) in [6.45, 7) is 11.8. The van der Waals surface area contributed by atoms with Crippen LogP contribution in [-0.2, 0) is 30.0 Å². The topological polar surface area (TPSA) is 154 Å². The van der Waals surface area contributed by atoms with Crippen LogP contribution in [0.15, 0.2) is 0 Å². The first-order valence-corrected chi connectivity index (χ1v) is 17.5. The molecule has 4 unspecified atom stereocenters. The molecule has 3 aliphatic rings. The van der Waals surface area contributed by atoms with Gasteiger partial charge < -0.3 is 26.2 Å². The minimum atomic E-state index is -1.11. The highest BCUT2D eigenvalue weighted by molar-refractivity contribution is 7.84. The lowest BCUT2D eigenvalue weighted by Gasteiger charge is -2.40. The summed E-state index contributed by atoms with van der Waals surface area (Å²) >= 11 is 0. The molecule has 1 heterocycles. The summed E-state index contributed by atoms with van der Waals surface area (Å²) in [6.07, 6.45) is 12.0. The van der Waals surface area contributed by atoms with Gasteiger partial charge in [-0.15, -0.1) is 6.42 Å². The van der Waals surface area contributed by atoms with Crippen LogP contribution in [0.2, 0.25) is 0 Å². The second-order valence-electron chi connectivity index (χ2n) is 14.4. The van der Waals surface area contributed by atoms with E-state index in [0.29, 0.717) is 18.7 Å². The van der Waals surface area contributed by atoms with Crippen LogP contribution in [0.1, 0.15) is 86.5 Å². The van der Waals surface area contributed by atoms with E-state index < -0.39 is 63.5 Å². The van der Waals surface area contributed by atoms with Crippen molar-refractivity contribution in [3.8, 4) is 12.3 Å². The standard InChI is InChI=1S/C32H51N5O6S/c1-9-14-21(24(38)27(40)33-17-10-2)34-26(39)23-22-20(31(22,6)7)18-37(23)28(41)25(30(3,4)5)35-29(42)36-32(19-44(8)43)15-12-11-13-16-32/h2,20-23,25H,9,11-19H2,1,3-8H3,(H,33,40)(H,34,39)(H2,35,36,42)/t20?,21?,22?,23-,25+,44?/m0/s1. The van der Waals surface area contributed by atoms with Gasteiger partial charge in [-0.1, -0.05) is 73.1 Å². The summed E-state index contributed by atoms with van der Waals surface area (Å²) in [5, 5.41) is 11.1. The van der Waals surface area contributed by atoms with Crippen LogP contribution in [0.5, 0.6) is 0 Å². The molecule has 0 bridgehead atoms. The molecule has 4 N–H and O–H groups in total. The van der Waals surface area contributed by atoms with E-state index in [-0.39, 0.29) is 36.1 Å². The van der Waals surface area contributed by atoms with Gasteiger partial charge in [-0.2, -0.15) is 0 Å². The Morgan fingerprint density at radius 2 is 1.70 bits per heavy atom. The maximum atomic E-state index is 14.2. The Labute approximate surface area is 264 Å². The molecule has 1 aliphatic heterocycles. The van der Waals surface area contributed by atoms with Gasteiger partial charge >= 0.3 is 6.03 Å². The summed E-state index contributed by atoms with van der Waals surface area (Å²) in [5.74, 6) is 0.0441. The van der Waals surface area contributed by atoms with Crippen molar-refractivity contribution < 1.29 is 28.2 Å².